The van der Waals surface area contributed by atoms with Gasteiger partial charge in [0.05, 0.1) is 41.1 Å². The number of hydrogen-bond acceptors (Lipinski definition) is 7. The number of thiazole rings is 1. The van der Waals surface area contributed by atoms with Crippen molar-refractivity contribution >= 4 is 27.5 Å². The number of aromatic carboxylic acids is 1. The molecule has 0 aliphatic carbocycles. The van der Waals surface area contributed by atoms with Crippen molar-refractivity contribution in [3.8, 4) is 11.5 Å². The molecule has 2 unspecified atom stereocenters. The molecular formula is C25H31NO6S. The van der Waals surface area contributed by atoms with Crippen LogP contribution in [0.15, 0.2) is 24.3 Å². The Morgan fingerprint density at radius 3 is 2.27 bits per heavy atom. The van der Waals surface area contributed by atoms with E-state index in [0.29, 0.717) is 40.6 Å². The maximum Gasteiger partial charge on any atom is 0.337 e. The summed E-state index contributed by atoms with van der Waals surface area (Å²) in [4.78, 5) is 16.3. The van der Waals surface area contributed by atoms with Crippen LogP contribution in [0.5, 0.6) is 11.5 Å². The number of aliphatic hydroxyl groups excluding tert-OH is 1. The van der Waals surface area contributed by atoms with Gasteiger partial charge in [0, 0.05) is 18.6 Å². The third kappa shape index (κ3) is 5.63. The lowest BCUT2D eigenvalue weighted by Crippen LogP contribution is -2.26. The summed E-state index contributed by atoms with van der Waals surface area (Å²) in [6.45, 7) is 8.31. The van der Waals surface area contributed by atoms with Gasteiger partial charge in [0.1, 0.15) is 17.6 Å². The van der Waals surface area contributed by atoms with Crippen LogP contribution in [-0.4, -0.2) is 48.1 Å². The van der Waals surface area contributed by atoms with E-state index in [1.807, 2.05) is 33.8 Å². The van der Waals surface area contributed by atoms with Gasteiger partial charge in [-0.15, -0.1) is 11.3 Å². The zero-order valence-corrected chi connectivity index (χ0v) is 20.7. The molecule has 3 rings (SSSR count). The van der Waals surface area contributed by atoms with Crippen molar-refractivity contribution in [2.24, 2.45) is 5.92 Å². The highest BCUT2D eigenvalue weighted by Crippen LogP contribution is 2.35. The number of rotatable bonds is 10. The lowest BCUT2D eigenvalue weighted by atomic mass is 9.99. The van der Waals surface area contributed by atoms with Crippen molar-refractivity contribution in [1.29, 1.82) is 0 Å². The Bertz CT molecular complexity index is 1110. The van der Waals surface area contributed by atoms with Crippen LogP contribution in [0.3, 0.4) is 0 Å². The van der Waals surface area contributed by atoms with E-state index in [-0.39, 0.29) is 11.5 Å². The van der Waals surface area contributed by atoms with Gasteiger partial charge in [-0.25, -0.2) is 9.78 Å². The molecule has 1 heterocycles. The fraction of sp³-hybridized carbons (Fsp3) is 0.440. The Hall–Kier alpha value is -2.68. The second-order valence-corrected chi connectivity index (χ2v) is 9.65. The lowest BCUT2D eigenvalue weighted by molar-refractivity contribution is -0.0472. The second kappa shape index (κ2) is 10.5. The van der Waals surface area contributed by atoms with Crippen LogP contribution >= 0.6 is 11.3 Å². The lowest BCUT2D eigenvalue weighted by Gasteiger charge is -2.25. The Morgan fingerprint density at radius 1 is 1.09 bits per heavy atom. The van der Waals surface area contributed by atoms with E-state index >= 15 is 0 Å². The molecule has 0 saturated carbocycles. The summed E-state index contributed by atoms with van der Waals surface area (Å²) >= 11 is 1.42. The molecule has 1 aromatic heterocycles. The SMILES string of the molecule is COc1cc(C(O)C(Cc2nc3c(C(=O)O)cc(C)cc3s2)OCC(C)C)cc(OC)c1C. The van der Waals surface area contributed by atoms with Gasteiger partial charge in [0.15, 0.2) is 0 Å². The molecule has 0 saturated heterocycles. The van der Waals surface area contributed by atoms with E-state index in [4.69, 9.17) is 14.2 Å². The third-order valence-corrected chi connectivity index (χ3v) is 6.43. The van der Waals surface area contributed by atoms with E-state index in [0.717, 1.165) is 15.8 Å². The number of carbonyl (C=O) groups is 1. The summed E-state index contributed by atoms with van der Waals surface area (Å²) < 4.78 is 17.8. The van der Waals surface area contributed by atoms with Crippen molar-refractivity contribution in [3.63, 3.8) is 0 Å². The molecule has 8 heteroatoms. The number of hydrogen-bond donors (Lipinski definition) is 2. The molecule has 0 spiro atoms. The number of aliphatic hydroxyl groups is 1. The van der Waals surface area contributed by atoms with Crippen LogP contribution in [0.25, 0.3) is 10.2 Å². The van der Waals surface area contributed by atoms with E-state index < -0.39 is 18.2 Å². The fourth-order valence-corrected chi connectivity index (χ4v) is 4.84. The zero-order chi connectivity index (χ0) is 24.3. The predicted octanol–water partition coefficient (Wildman–Crippen LogP) is 4.95. The smallest absolute Gasteiger partial charge is 0.337 e. The number of carboxylic acid groups (broad SMARTS) is 1. The average molecular weight is 474 g/mol. The first-order valence-corrected chi connectivity index (χ1v) is 11.6. The van der Waals surface area contributed by atoms with E-state index in [2.05, 4.69) is 4.98 Å². The summed E-state index contributed by atoms with van der Waals surface area (Å²) in [6, 6.07) is 7.14. The van der Waals surface area contributed by atoms with Gasteiger partial charge in [-0.05, 0) is 55.2 Å². The molecule has 0 radical (unpaired) electrons. The fourth-order valence-electron chi connectivity index (χ4n) is 3.71. The first-order valence-electron chi connectivity index (χ1n) is 10.8. The summed E-state index contributed by atoms with van der Waals surface area (Å²) in [7, 11) is 3.15. The van der Waals surface area contributed by atoms with Gasteiger partial charge in [0.25, 0.3) is 0 Å². The Labute approximate surface area is 198 Å². The number of benzene rings is 2. The van der Waals surface area contributed by atoms with Crippen LogP contribution in [0, 0.1) is 19.8 Å². The monoisotopic (exact) mass is 473 g/mol. The minimum atomic E-state index is -1.01. The van der Waals surface area contributed by atoms with Gasteiger partial charge < -0.3 is 24.4 Å². The maximum atomic E-state index is 11.7. The van der Waals surface area contributed by atoms with Crippen LogP contribution in [0.1, 0.15) is 52.0 Å². The summed E-state index contributed by atoms with van der Waals surface area (Å²) in [5.74, 6) is 0.505. The number of aromatic nitrogens is 1. The van der Waals surface area contributed by atoms with Crippen molar-refractivity contribution in [3.05, 3.63) is 51.5 Å². The zero-order valence-electron chi connectivity index (χ0n) is 19.8. The van der Waals surface area contributed by atoms with Crippen molar-refractivity contribution in [1.82, 2.24) is 4.98 Å². The summed E-state index contributed by atoms with van der Waals surface area (Å²) in [6.07, 6.45) is -1.21. The maximum absolute atomic E-state index is 11.7. The molecule has 0 bridgehead atoms. The molecule has 3 aromatic rings. The van der Waals surface area contributed by atoms with Gasteiger partial charge in [-0.3, -0.25) is 0 Å². The van der Waals surface area contributed by atoms with E-state index in [1.165, 1.54) is 11.3 Å². The van der Waals surface area contributed by atoms with E-state index in [1.54, 1.807) is 32.4 Å². The molecule has 7 nitrogen and oxygen atoms in total. The van der Waals surface area contributed by atoms with Crippen molar-refractivity contribution < 1.29 is 29.2 Å². The molecule has 0 aliphatic heterocycles. The molecule has 2 atom stereocenters. The van der Waals surface area contributed by atoms with Gasteiger partial charge in [-0.1, -0.05) is 13.8 Å². The minimum absolute atomic E-state index is 0.181. The summed E-state index contributed by atoms with van der Waals surface area (Å²) in [5.41, 5.74) is 2.97. The Morgan fingerprint density at radius 2 is 1.73 bits per heavy atom. The highest BCUT2D eigenvalue weighted by Gasteiger charge is 2.27. The molecule has 0 fully saturated rings. The molecular weight excluding hydrogens is 442 g/mol. The number of nitrogens with zero attached hydrogens (tertiary/aromatic N) is 1. The van der Waals surface area contributed by atoms with Gasteiger partial charge in [-0.2, -0.15) is 0 Å². The molecule has 2 N–H and O–H groups in total. The van der Waals surface area contributed by atoms with Crippen LogP contribution in [0.2, 0.25) is 0 Å². The predicted molar refractivity (Wildman–Crippen MR) is 129 cm³/mol. The standard InChI is InChI=1S/C25H31NO6S/c1-13(2)12-32-20(24(27)16-9-18(30-5)15(4)19(10-16)31-6)11-22-26-23-17(25(28)29)7-14(3)8-21(23)33-22/h7-10,13,20,24,27H,11-12H2,1-6H3,(H,28,29). The molecule has 178 valence electrons. The van der Waals surface area contributed by atoms with Crippen molar-refractivity contribution in [2.45, 2.75) is 46.3 Å². The normalized spacial score (nSPS) is 13.3. The molecule has 0 aliphatic rings. The Kier molecular flexibility index (Phi) is 7.94. The first kappa shape index (κ1) is 25.0. The van der Waals surface area contributed by atoms with Crippen LogP contribution in [-0.2, 0) is 11.2 Å². The molecule has 0 amide bonds. The largest absolute Gasteiger partial charge is 0.496 e. The topological polar surface area (TPSA) is 98.1 Å². The summed E-state index contributed by atoms with van der Waals surface area (Å²) in [5, 5.41) is 21.6. The van der Waals surface area contributed by atoms with Crippen LogP contribution in [0.4, 0.5) is 0 Å². The Balaban J connectivity index is 1.98. The highest BCUT2D eigenvalue weighted by atomic mass is 32.1. The number of fused-ring (bicyclic) bond motifs is 1. The third-order valence-electron chi connectivity index (χ3n) is 5.40. The highest BCUT2D eigenvalue weighted by molar-refractivity contribution is 7.18. The molecule has 33 heavy (non-hydrogen) atoms. The molecule has 2 aromatic carbocycles. The van der Waals surface area contributed by atoms with Crippen LogP contribution < -0.4 is 9.47 Å². The number of methoxy groups -OCH3 is 2. The first-order chi connectivity index (χ1) is 15.6. The van der Waals surface area contributed by atoms with Gasteiger partial charge >= 0.3 is 5.97 Å². The van der Waals surface area contributed by atoms with Crippen molar-refractivity contribution in [2.75, 3.05) is 20.8 Å². The second-order valence-electron chi connectivity index (χ2n) is 8.54. The van der Waals surface area contributed by atoms with E-state index in [9.17, 15) is 15.0 Å². The van der Waals surface area contributed by atoms with Gasteiger partial charge in [0.2, 0.25) is 0 Å². The minimum Gasteiger partial charge on any atom is -0.496 e. The quantitative estimate of drug-likeness (QED) is 0.430. The number of carboxylic acids is 1. The average Bonchev–Trinajstić information content (AvgIpc) is 3.17. The number of aryl methyl sites for hydroxylation is 1. The number of ether oxygens (including phenoxy) is 3.